The molecule has 0 fully saturated rings. The van der Waals surface area contributed by atoms with Gasteiger partial charge in [-0.3, -0.25) is 9.52 Å². The number of hydrogen-bond acceptors (Lipinski definition) is 8. The lowest BCUT2D eigenvalue weighted by atomic mass is 10.0. The largest absolute Gasteiger partial charge is 0.490 e. The van der Waals surface area contributed by atoms with Gasteiger partial charge < -0.3 is 19.5 Å². The van der Waals surface area contributed by atoms with E-state index in [1.54, 1.807) is 49.4 Å². The maximum Gasteiger partial charge on any atom is 0.258 e. The Morgan fingerprint density at radius 1 is 1.10 bits per heavy atom. The zero-order chi connectivity index (χ0) is 31.1. The van der Waals surface area contributed by atoms with Gasteiger partial charge in [-0.15, -0.1) is 0 Å². The molecule has 0 aliphatic carbocycles. The third-order valence-electron chi connectivity index (χ3n) is 7.24. The van der Waals surface area contributed by atoms with Gasteiger partial charge in [0.15, 0.2) is 0 Å². The van der Waals surface area contributed by atoms with Gasteiger partial charge in [-0.05, 0) is 63.4 Å². The molecule has 42 heavy (non-hydrogen) atoms. The molecule has 1 aliphatic heterocycles. The molecule has 1 aliphatic rings. The summed E-state index contributed by atoms with van der Waals surface area (Å²) < 4.78 is 66.4. The van der Waals surface area contributed by atoms with E-state index < -0.39 is 38.1 Å². The summed E-state index contributed by atoms with van der Waals surface area (Å²) in [5.41, 5.74) is 0.363. The van der Waals surface area contributed by atoms with Crippen LogP contribution in [0.1, 0.15) is 50.4 Å². The van der Waals surface area contributed by atoms with Crippen molar-refractivity contribution in [2.75, 3.05) is 44.3 Å². The maximum absolute atomic E-state index is 14.1. The average molecular weight is 626 g/mol. The molecule has 1 amide bonds. The van der Waals surface area contributed by atoms with Crippen molar-refractivity contribution < 1.29 is 36.2 Å². The zero-order valence-corrected chi connectivity index (χ0v) is 26.5. The van der Waals surface area contributed by atoms with E-state index >= 15 is 0 Å². The highest BCUT2D eigenvalue weighted by molar-refractivity contribution is 7.92. The molecule has 0 bridgehead atoms. The Morgan fingerprint density at radius 3 is 2.43 bits per heavy atom. The molecule has 234 valence electrons. The monoisotopic (exact) mass is 625 g/mol. The van der Waals surface area contributed by atoms with Gasteiger partial charge in [0.1, 0.15) is 5.75 Å². The van der Waals surface area contributed by atoms with Crippen LogP contribution in [0.3, 0.4) is 0 Å². The number of nitrogens with one attached hydrogen (secondary N) is 1. The third-order valence-corrected chi connectivity index (χ3v) is 9.69. The van der Waals surface area contributed by atoms with Crippen LogP contribution in [0.25, 0.3) is 0 Å². The number of benzene rings is 2. The van der Waals surface area contributed by atoms with Crippen molar-refractivity contribution in [3.63, 3.8) is 0 Å². The Morgan fingerprint density at radius 2 is 1.79 bits per heavy atom. The molecule has 4 atom stereocenters. The Balaban J connectivity index is 1.98. The molecule has 0 unspecified atom stereocenters. The highest BCUT2D eigenvalue weighted by Crippen LogP contribution is 2.29. The molecule has 2 aromatic carbocycles. The molecule has 13 heteroatoms. The number of nitrogens with zero attached hydrogens (tertiary/aromatic N) is 2. The molecule has 2 N–H and O–H groups in total. The van der Waals surface area contributed by atoms with Crippen LogP contribution in [0.5, 0.6) is 5.75 Å². The first-order valence-electron chi connectivity index (χ1n) is 14.1. The van der Waals surface area contributed by atoms with Gasteiger partial charge in [-0.25, -0.2) is 16.8 Å². The minimum absolute atomic E-state index is 0.0620. The first-order valence-corrected chi connectivity index (χ1v) is 17.4. The van der Waals surface area contributed by atoms with E-state index in [2.05, 4.69) is 4.72 Å². The Hall–Kier alpha value is -2.71. The number of aliphatic hydroxyl groups excluding tert-OH is 1. The van der Waals surface area contributed by atoms with E-state index in [-0.39, 0.29) is 47.9 Å². The van der Waals surface area contributed by atoms with Crippen LogP contribution in [0.2, 0.25) is 0 Å². The molecule has 3 rings (SSSR count). The van der Waals surface area contributed by atoms with Crippen molar-refractivity contribution in [3.8, 4) is 5.75 Å². The number of rotatable bonds is 8. The summed E-state index contributed by atoms with van der Waals surface area (Å²) >= 11 is 0. The van der Waals surface area contributed by atoms with E-state index in [9.17, 15) is 26.7 Å². The van der Waals surface area contributed by atoms with Gasteiger partial charge in [-0.1, -0.05) is 25.1 Å². The van der Waals surface area contributed by atoms with E-state index in [0.29, 0.717) is 18.8 Å². The number of carbonyl (C=O) groups excluding carboxylic acids is 1. The molecule has 11 nitrogen and oxygen atoms in total. The highest BCUT2D eigenvalue weighted by atomic mass is 32.2. The number of hydrogen-bond donors (Lipinski definition) is 2. The lowest BCUT2D eigenvalue weighted by molar-refractivity contribution is -0.00833. The van der Waals surface area contributed by atoms with Crippen LogP contribution in [0, 0.1) is 5.92 Å². The zero-order valence-electron chi connectivity index (χ0n) is 24.9. The topological polar surface area (TPSA) is 143 Å². The quantitative estimate of drug-likeness (QED) is 0.456. The van der Waals surface area contributed by atoms with Crippen LogP contribution < -0.4 is 9.46 Å². The van der Waals surface area contributed by atoms with Crippen molar-refractivity contribution in [1.29, 1.82) is 0 Å². The molecular formula is C29H43N3O8S2. The lowest BCUT2D eigenvalue weighted by Crippen LogP contribution is -2.48. The van der Waals surface area contributed by atoms with E-state index in [0.717, 1.165) is 19.1 Å². The number of likely N-dealkylation sites (N-methyl/N-ethyl adjacent to an activating group) is 1. The SMILES string of the molecule is C[C@H](CO)N1C[C@H](C)[C@@H](CN(C)S(=O)(=O)c2ccccc2)OCCCC[C@H](C)Oc2ccc(NS(C)(=O)=O)cc2C1=O. The normalized spacial score (nSPS) is 22.1. The van der Waals surface area contributed by atoms with Crippen molar-refractivity contribution in [2.45, 2.75) is 63.2 Å². The van der Waals surface area contributed by atoms with E-state index in [4.69, 9.17) is 9.47 Å². The molecule has 0 radical (unpaired) electrons. The standard InChI is InChI=1S/C29H43N3O8S2/c1-21-18-32(22(2)20-33)29(34)26-17-24(30-41(5,35)36)14-15-27(26)40-23(3)11-9-10-16-39-28(21)19-31(4)42(37,38)25-12-7-6-8-13-25/h6-8,12-15,17,21-23,28,30,33H,9-11,16,18-20H2,1-5H3/t21-,22+,23-,28+/m0/s1. The van der Waals surface area contributed by atoms with Gasteiger partial charge in [0.05, 0.1) is 41.6 Å². The number of aliphatic hydroxyl groups is 1. The molecule has 0 saturated heterocycles. The first kappa shape index (κ1) is 33.8. The fraction of sp³-hybridized carbons (Fsp3) is 0.552. The molecule has 0 saturated carbocycles. The van der Waals surface area contributed by atoms with E-state index in [1.165, 1.54) is 22.3 Å². The van der Waals surface area contributed by atoms with Gasteiger partial charge in [-0.2, -0.15) is 4.31 Å². The number of anilines is 1. The van der Waals surface area contributed by atoms with Crippen molar-refractivity contribution >= 4 is 31.6 Å². The Kier molecular flexibility index (Phi) is 11.8. The number of fused-ring (bicyclic) bond motifs is 1. The maximum atomic E-state index is 14.1. The van der Waals surface area contributed by atoms with Crippen LogP contribution in [0.4, 0.5) is 5.69 Å². The number of sulfonamides is 2. The van der Waals surface area contributed by atoms with Crippen LogP contribution in [-0.2, 0) is 24.8 Å². The van der Waals surface area contributed by atoms with Gasteiger partial charge in [0, 0.05) is 38.3 Å². The lowest BCUT2D eigenvalue weighted by Gasteiger charge is -2.35. The van der Waals surface area contributed by atoms with Crippen molar-refractivity contribution in [1.82, 2.24) is 9.21 Å². The predicted octanol–water partition coefficient (Wildman–Crippen LogP) is 3.17. The number of amides is 1. The van der Waals surface area contributed by atoms with Gasteiger partial charge in [0.2, 0.25) is 20.0 Å². The summed E-state index contributed by atoms with van der Waals surface area (Å²) in [6.07, 6.45) is 2.42. The molecule has 1 heterocycles. The second-order valence-corrected chi connectivity index (χ2v) is 14.8. The van der Waals surface area contributed by atoms with Crippen molar-refractivity contribution in [2.24, 2.45) is 5.92 Å². The second-order valence-electron chi connectivity index (χ2n) is 11.0. The molecule has 2 aromatic rings. The average Bonchev–Trinajstić information content (AvgIpc) is 2.94. The smallest absolute Gasteiger partial charge is 0.258 e. The summed E-state index contributed by atoms with van der Waals surface area (Å²) in [6.45, 7) is 5.77. The highest BCUT2D eigenvalue weighted by Gasteiger charge is 2.32. The van der Waals surface area contributed by atoms with Crippen molar-refractivity contribution in [3.05, 3.63) is 54.1 Å². The predicted molar refractivity (Wildman–Crippen MR) is 162 cm³/mol. The molecular weight excluding hydrogens is 582 g/mol. The van der Waals surface area contributed by atoms with Gasteiger partial charge >= 0.3 is 0 Å². The van der Waals surface area contributed by atoms with Crippen LogP contribution in [0.15, 0.2) is 53.4 Å². The van der Waals surface area contributed by atoms with Crippen LogP contribution >= 0.6 is 0 Å². The van der Waals surface area contributed by atoms with E-state index in [1.807, 2.05) is 13.8 Å². The third kappa shape index (κ3) is 9.14. The minimum atomic E-state index is -3.77. The fourth-order valence-corrected chi connectivity index (χ4v) is 6.55. The summed E-state index contributed by atoms with van der Waals surface area (Å²) in [5.74, 6) is -0.475. The summed E-state index contributed by atoms with van der Waals surface area (Å²) in [6, 6.07) is 12.1. The summed E-state index contributed by atoms with van der Waals surface area (Å²) in [7, 11) is -5.87. The molecule has 0 spiro atoms. The van der Waals surface area contributed by atoms with Crippen LogP contribution in [-0.4, -0.2) is 94.9 Å². The summed E-state index contributed by atoms with van der Waals surface area (Å²) in [5, 5.41) is 10.1. The molecule has 0 aromatic heterocycles. The summed E-state index contributed by atoms with van der Waals surface area (Å²) in [4.78, 5) is 15.7. The fourth-order valence-electron chi connectivity index (χ4n) is 4.79. The Labute approximate surface area is 249 Å². The number of carbonyl (C=O) groups is 1. The number of ether oxygens (including phenoxy) is 2. The first-order chi connectivity index (χ1) is 19.7. The van der Waals surface area contributed by atoms with Gasteiger partial charge in [0.25, 0.3) is 5.91 Å². The second kappa shape index (κ2) is 14.6. The minimum Gasteiger partial charge on any atom is -0.490 e. The Bertz CT molecular complexity index is 1400.